The van der Waals surface area contributed by atoms with Gasteiger partial charge in [-0.1, -0.05) is 0 Å². The second-order valence-corrected chi connectivity index (χ2v) is 5.81. The van der Waals surface area contributed by atoms with Crippen LogP contribution in [0.3, 0.4) is 0 Å². The Bertz CT molecular complexity index is 477. The molecule has 1 aromatic carbocycles. The quantitative estimate of drug-likeness (QED) is 0.923. The fourth-order valence-corrected chi connectivity index (χ4v) is 2.96. The zero-order valence-electron chi connectivity index (χ0n) is 12.5. The van der Waals surface area contributed by atoms with E-state index in [1.165, 1.54) is 6.07 Å². The summed E-state index contributed by atoms with van der Waals surface area (Å²) in [6.45, 7) is 6.20. The van der Waals surface area contributed by atoms with Gasteiger partial charge in [0.1, 0.15) is 18.2 Å². The van der Waals surface area contributed by atoms with E-state index in [9.17, 15) is 4.39 Å². The van der Waals surface area contributed by atoms with Gasteiger partial charge in [0.05, 0.1) is 17.9 Å². The van der Waals surface area contributed by atoms with Crippen LogP contribution in [-0.4, -0.2) is 45.0 Å². The topological polar surface area (TPSA) is 33.7 Å². The number of ether oxygens (including phenoxy) is 2. The first-order valence-corrected chi connectivity index (χ1v) is 7.76. The largest absolute Gasteiger partial charge is 0.489 e. The summed E-state index contributed by atoms with van der Waals surface area (Å²) in [5, 5.41) is 3.30. The van der Waals surface area contributed by atoms with Crippen LogP contribution in [0.25, 0.3) is 0 Å². The Balaban J connectivity index is 1.68. The minimum Gasteiger partial charge on any atom is -0.489 e. The number of piperazine rings is 1. The molecule has 2 atom stereocenters. The molecule has 3 rings (SSSR count). The third-order valence-corrected chi connectivity index (χ3v) is 4.12. The van der Waals surface area contributed by atoms with Crippen molar-refractivity contribution in [3.8, 4) is 5.75 Å². The summed E-state index contributed by atoms with van der Waals surface area (Å²) in [7, 11) is 0. The van der Waals surface area contributed by atoms with Gasteiger partial charge in [0.15, 0.2) is 0 Å². The third-order valence-electron chi connectivity index (χ3n) is 4.12. The van der Waals surface area contributed by atoms with Crippen molar-refractivity contribution >= 4 is 5.69 Å². The molecule has 0 radical (unpaired) electrons. The summed E-state index contributed by atoms with van der Waals surface area (Å²) in [6.07, 6.45) is 2.59. The molecule has 1 N–H and O–H groups in total. The van der Waals surface area contributed by atoms with E-state index >= 15 is 0 Å². The predicted molar refractivity (Wildman–Crippen MR) is 80.5 cm³/mol. The lowest BCUT2D eigenvalue weighted by Gasteiger charge is -2.31. The minimum atomic E-state index is -0.221. The Morgan fingerprint density at radius 3 is 2.86 bits per heavy atom. The molecule has 2 heterocycles. The van der Waals surface area contributed by atoms with Crippen LogP contribution in [-0.2, 0) is 4.74 Å². The molecule has 2 unspecified atom stereocenters. The van der Waals surface area contributed by atoms with Crippen LogP contribution in [0.5, 0.6) is 5.75 Å². The van der Waals surface area contributed by atoms with E-state index in [0.717, 1.165) is 50.5 Å². The van der Waals surface area contributed by atoms with E-state index in [1.54, 1.807) is 12.1 Å². The maximum atomic E-state index is 13.6. The highest BCUT2D eigenvalue weighted by Crippen LogP contribution is 2.30. The summed E-state index contributed by atoms with van der Waals surface area (Å²) in [5.41, 5.74) is 0.850. The van der Waals surface area contributed by atoms with Crippen molar-refractivity contribution in [2.45, 2.75) is 32.0 Å². The molecule has 0 bridgehead atoms. The molecule has 5 heteroatoms. The van der Waals surface area contributed by atoms with Gasteiger partial charge in [-0.2, -0.15) is 0 Å². The average Bonchev–Trinajstić information content (AvgIpc) is 2.92. The Hall–Kier alpha value is -1.33. The summed E-state index contributed by atoms with van der Waals surface area (Å²) in [6, 6.07) is 4.75. The van der Waals surface area contributed by atoms with Crippen molar-refractivity contribution in [3.05, 3.63) is 24.0 Å². The van der Waals surface area contributed by atoms with E-state index < -0.39 is 0 Å². The highest BCUT2D eigenvalue weighted by molar-refractivity contribution is 5.59. The molecule has 0 aliphatic carbocycles. The van der Waals surface area contributed by atoms with Gasteiger partial charge >= 0.3 is 0 Å². The first-order chi connectivity index (χ1) is 10.2. The lowest BCUT2D eigenvalue weighted by atomic mass is 10.2. The lowest BCUT2D eigenvalue weighted by molar-refractivity contribution is 0.0265. The van der Waals surface area contributed by atoms with Crippen LogP contribution in [0, 0.1) is 5.82 Å². The van der Waals surface area contributed by atoms with Crippen LogP contribution >= 0.6 is 0 Å². The van der Waals surface area contributed by atoms with Gasteiger partial charge in [-0.3, -0.25) is 0 Å². The summed E-state index contributed by atoms with van der Waals surface area (Å²) < 4.78 is 25.3. The molecule has 2 saturated heterocycles. The van der Waals surface area contributed by atoms with Gasteiger partial charge in [-0.05, 0) is 31.9 Å². The van der Waals surface area contributed by atoms with Crippen LogP contribution in [0.15, 0.2) is 18.2 Å². The lowest BCUT2D eigenvalue weighted by Crippen LogP contribution is -2.43. The zero-order chi connectivity index (χ0) is 14.7. The number of anilines is 1. The zero-order valence-corrected chi connectivity index (χ0v) is 12.5. The highest BCUT2D eigenvalue weighted by atomic mass is 19.1. The first-order valence-electron chi connectivity index (χ1n) is 7.76. The molecular weight excluding hydrogens is 271 g/mol. The molecule has 1 aromatic rings. The molecule has 0 amide bonds. The first kappa shape index (κ1) is 14.6. The number of nitrogens with one attached hydrogen (secondary N) is 1. The van der Waals surface area contributed by atoms with E-state index in [1.807, 2.05) is 0 Å². The van der Waals surface area contributed by atoms with Gasteiger partial charge in [0.25, 0.3) is 0 Å². The van der Waals surface area contributed by atoms with Gasteiger partial charge in [0.2, 0.25) is 0 Å². The minimum absolute atomic E-state index is 0.154. The molecule has 2 aliphatic rings. The van der Waals surface area contributed by atoms with Crippen molar-refractivity contribution in [3.63, 3.8) is 0 Å². The number of rotatable bonds is 4. The van der Waals surface area contributed by atoms with Crippen LogP contribution < -0.4 is 15.0 Å². The van der Waals surface area contributed by atoms with Gasteiger partial charge in [0, 0.05) is 32.2 Å². The molecule has 0 saturated carbocycles. The third kappa shape index (κ3) is 3.66. The van der Waals surface area contributed by atoms with E-state index in [-0.39, 0.29) is 11.9 Å². The summed E-state index contributed by atoms with van der Waals surface area (Å²) >= 11 is 0. The van der Waals surface area contributed by atoms with Crippen LogP contribution in [0.4, 0.5) is 10.1 Å². The van der Waals surface area contributed by atoms with Gasteiger partial charge in [-0.15, -0.1) is 0 Å². The maximum absolute atomic E-state index is 13.6. The SMILES string of the molecule is CC1CCC(COc2ccc(F)cc2N2CCNCC2)O1. The van der Waals surface area contributed by atoms with Gasteiger partial charge in [-0.25, -0.2) is 4.39 Å². The van der Waals surface area contributed by atoms with Crippen molar-refractivity contribution in [1.29, 1.82) is 0 Å². The number of hydrogen-bond donors (Lipinski definition) is 1. The summed E-state index contributed by atoms with van der Waals surface area (Å²) in [5.74, 6) is 0.531. The molecule has 4 nitrogen and oxygen atoms in total. The van der Waals surface area contributed by atoms with E-state index in [0.29, 0.717) is 12.7 Å². The summed E-state index contributed by atoms with van der Waals surface area (Å²) in [4.78, 5) is 2.17. The van der Waals surface area contributed by atoms with Crippen molar-refractivity contribution in [2.24, 2.45) is 0 Å². The number of hydrogen-bond acceptors (Lipinski definition) is 4. The molecule has 2 fully saturated rings. The Morgan fingerprint density at radius 2 is 2.14 bits per heavy atom. The van der Waals surface area contributed by atoms with E-state index in [2.05, 4.69) is 17.1 Å². The molecular formula is C16H23FN2O2. The average molecular weight is 294 g/mol. The second-order valence-electron chi connectivity index (χ2n) is 5.81. The molecule has 0 spiro atoms. The van der Waals surface area contributed by atoms with Crippen molar-refractivity contribution < 1.29 is 13.9 Å². The van der Waals surface area contributed by atoms with Crippen LogP contribution in [0.1, 0.15) is 19.8 Å². The smallest absolute Gasteiger partial charge is 0.142 e. The highest BCUT2D eigenvalue weighted by Gasteiger charge is 2.23. The molecule has 0 aromatic heterocycles. The second kappa shape index (κ2) is 6.62. The fourth-order valence-electron chi connectivity index (χ4n) is 2.96. The fraction of sp³-hybridized carbons (Fsp3) is 0.625. The molecule has 21 heavy (non-hydrogen) atoms. The normalized spacial score (nSPS) is 26.1. The molecule has 116 valence electrons. The van der Waals surface area contributed by atoms with Gasteiger partial charge < -0.3 is 19.7 Å². The molecule has 2 aliphatic heterocycles. The predicted octanol–water partition coefficient (Wildman–Crippen LogP) is 2.18. The Kier molecular flexibility index (Phi) is 4.60. The van der Waals surface area contributed by atoms with Crippen LogP contribution in [0.2, 0.25) is 0 Å². The maximum Gasteiger partial charge on any atom is 0.142 e. The number of halogens is 1. The number of nitrogens with zero attached hydrogens (tertiary/aromatic N) is 1. The number of benzene rings is 1. The Labute approximate surface area is 125 Å². The monoisotopic (exact) mass is 294 g/mol. The van der Waals surface area contributed by atoms with Crippen molar-refractivity contribution in [1.82, 2.24) is 5.32 Å². The van der Waals surface area contributed by atoms with E-state index in [4.69, 9.17) is 9.47 Å². The van der Waals surface area contributed by atoms with Crippen molar-refractivity contribution in [2.75, 3.05) is 37.7 Å². The Morgan fingerprint density at radius 1 is 1.33 bits per heavy atom. The standard InChI is InChI=1S/C16H23FN2O2/c1-12-2-4-14(21-12)11-20-16-5-3-13(17)10-15(16)19-8-6-18-7-9-19/h3,5,10,12,14,18H,2,4,6-9,11H2,1H3.